The Morgan fingerprint density at radius 3 is 3.00 bits per heavy atom. The van der Waals surface area contributed by atoms with Gasteiger partial charge < -0.3 is 0 Å². The summed E-state index contributed by atoms with van der Waals surface area (Å²) in [6.45, 7) is 3.27. The second-order valence-corrected chi connectivity index (χ2v) is 6.42. The summed E-state index contributed by atoms with van der Waals surface area (Å²) in [5.74, 6) is 0.470. The van der Waals surface area contributed by atoms with Gasteiger partial charge in [0.25, 0.3) is 0 Å². The van der Waals surface area contributed by atoms with E-state index in [1.165, 1.54) is 23.3 Å². The van der Waals surface area contributed by atoms with Crippen LogP contribution in [0.5, 0.6) is 0 Å². The fraction of sp³-hybridized carbons (Fsp3) is 0.529. The van der Waals surface area contributed by atoms with Gasteiger partial charge >= 0.3 is 0 Å². The molecule has 2 heteroatoms. The molecule has 0 N–H and O–H groups in total. The Balaban J connectivity index is 1.91. The smallest absolute Gasteiger partial charge is 0.185 e. The van der Waals surface area contributed by atoms with E-state index in [2.05, 4.69) is 35.8 Å². The van der Waals surface area contributed by atoms with Crippen molar-refractivity contribution in [1.29, 1.82) is 0 Å². The van der Waals surface area contributed by atoms with Crippen LogP contribution < -0.4 is 0 Å². The van der Waals surface area contributed by atoms with E-state index < -0.39 is 0 Å². The average molecular weight is 254 g/mol. The summed E-state index contributed by atoms with van der Waals surface area (Å²) in [6, 6.07) is 8.99. The first-order chi connectivity index (χ1) is 9.20. The number of fused-ring (bicyclic) bond motifs is 4. The highest BCUT2D eigenvalue weighted by atomic mass is 16.1. The second-order valence-electron chi connectivity index (χ2n) is 6.42. The summed E-state index contributed by atoms with van der Waals surface area (Å²) in [4.78, 5) is 12.6. The van der Waals surface area contributed by atoms with Crippen molar-refractivity contribution in [1.82, 2.24) is 0 Å². The number of carbonyl (C=O) groups is 1. The third-order valence-electron chi connectivity index (χ3n) is 5.48. The Hall–Kier alpha value is -1.44. The molecule has 1 aliphatic carbocycles. The van der Waals surface area contributed by atoms with Crippen molar-refractivity contribution in [2.24, 2.45) is 5.41 Å². The van der Waals surface area contributed by atoms with Crippen LogP contribution in [0.2, 0.25) is 0 Å². The first-order valence-corrected chi connectivity index (χ1v) is 7.44. The standard InChI is InChI=1S/C17H20NO/c1-17-9-4-7-15(17)18-10-8-12-5-2-3-6-13(12)14(18)11-16(17)19/h2-3,5-6,14H,4,7-11H2,1H3/q+1. The second kappa shape index (κ2) is 3.78. The van der Waals surface area contributed by atoms with Gasteiger partial charge in [-0.3, -0.25) is 4.79 Å². The van der Waals surface area contributed by atoms with Crippen molar-refractivity contribution in [3.63, 3.8) is 0 Å². The van der Waals surface area contributed by atoms with Gasteiger partial charge in [0.05, 0.1) is 6.42 Å². The Kier molecular flexibility index (Phi) is 2.27. The van der Waals surface area contributed by atoms with Crippen LogP contribution in [0.25, 0.3) is 0 Å². The lowest BCUT2D eigenvalue weighted by molar-refractivity contribution is -0.581. The summed E-state index contributed by atoms with van der Waals surface area (Å²) in [7, 11) is 0. The van der Waals surface area contributed by atoms with Gasteiger partial charge in [-0.2, -0.15) is 0 Å². The third-order valence-corrected chi connectivity index (χ3v) is 5.48. The van der Waals surface area contributed by atoms with Crippen LogP contribution in [-0.4, -0.2) is 22.6 Å². The number of hydrogen-bond donors (Lipinski definition) is 0. The van der Waals surface area contributed by atoms with Crippen LogP contribution >= 0.6 is 0 Å². The number of carbonyl (C=O) groups excluding carboxylic acids is 1. The molecule has 3 aliphatic rings. The van der Waals surface area contributed by atoms with Crippen LogP contribution in [0, 0.1) is 5.41 Å². The van der Waals surface area contributed by atoms with Crippen molar-refractivity contribution >= 4 is 11.5 Å². The Morgan fingerprint density at radius 2 is 2.11 bits per heavy atom. The van der Waals surface area contributed by atoms with Crippen LogP contribution in [0.15, 0.2) is 24.3 Å². The Labute approximate surface area is 114 Å². The van der Waals surface area contributed by atoms with Gasteiger partial charge in [0.15, 0.2) is 17.5 Å². The number of Topliss-reactive ketones (excluding diaryl/α,β-unsaturated/α-hetero) is 1. The first kappa shape index (κ1) is 11.4. The summed E-state index contributed by atoms with van der Waals surface area (Å²) in [6.07, 6.45) is 5.20. The molecule has 2 heterocycles. The largest absolute Gasteiger partial charge is 0.298 e. The number of benzene rings is 1. The quantitative estimate of drug-likeness (QED) is 0.652. The highest BCUT2D eigenvalue weighted by molar-refractivity contribution is 6.09. The minimum absolute atomic E-state index is 0.136. The molecule has 2 aliphatic heterocycles. The third kappa shape index (κ3) is 1.43. The zero-order valence-corrected chi connectivity index (χ0v) is 11.5. The molecule has 2 atom stereocenters. The molecule has 1 saturated carbocycles. The van der Waals surface area contributed by atoms with Gasteiger partial charge in [-0.1, -0.05) is 24.3 Å². The highest BCUT2D eigenvalue weighted by Gasteiger charge is 2.54. The maximum atomic E-state index is 12.6. The Bertz CT molecular complexity index is 601. The molecule has 0 radical (unpaired) electrons. The van der Waals surface area contributed by atoms with Gasteiger partial charge in [0, 0.05) is 18.4 Å². The van der Waals surface area contributed by atoms with E-state index in [1.54, 1.807) is 0 Å². The molecule has 2 nitrogen and oxygen atoms in total. The molecule has 0 saturated heterocycles. The first-order valence-electron chi connectivity index (χ1n) is 7.44. The van der Waals surface area contributed by atoms with Gasteiger partial charge in [0.2, 0.25) is 0 Å². The zero-order valence-electron chi connectivity index (χ0n) is 11.5. The molecule has 2 unspecified atom stereocenters. The van der Waals surface area contributed by atoms with Crippen LogP contribution in [0.4, 0.5) is 0 Å². The van der Waals surface area contributed by atoms with E-state index in [4.69, 9.17) is 0 Å². The summed E-state index contributed by atoms with van der Waals surface area (Å²) in [5.41, 5.74) is 4.13. The van der Waals surface area contributed by atoms with Crippen LogP contribution in [0.3, 0.4) is 0 Å². The summed E-state index contributed by atoms with van der Waals surface area (Å²) in [5, 5.41) is 0. The molecule has 1 aromatic rings. The molecular weight excluding hydrogens is 234 g/mol. The molecule has 4 rings (SSSR count). The monoisotopic (exact) mass is 254 g/mol. The molecule has 19 heavy (non-hydrogen) atoms. The van der Waals surface area contributed by atoms with E-state index in [-0.39, 0.29) is 5.41 Å². The molecule has 0 bridgehead atoms. The molecule has 0 aromatic heterocycles. The molecule has 98 valence electrons. The predicted octanol–water partition coefficient (Wildman–Crippen LogP) is 2.90. The van der Waals surface area contributed by atoms with Gasteiger partial charge in [-0.05, 0) is 25.3 Å². The Morgan fingerprint density at radius 1 is 1.26 bits per heavy atom. The van der Waals surface area contributed by atoms with Gasteiger partial charge in [-0.25, -0.2) is 4.58 Å². The lowest BCUT2D eigenvalue weighted by Gasteiger charge is -2.34. The van der Waals surface area contributed by atoms with Crippen molar-refractivity contribution in [2.75, 3.05) is 6.54 Å². The molecule has 0 amide bonds. The SMILES string of the molecule is CC12CCCC1=[N+]1CCc3ccccc3C1CC2=O. The topological polar surface area (TPSA) is 20.1 Å². The number of nitrogens with zero attached hydrogens (tertiary/aromatic N) is 1. The van der Waals surface area contributed by atoms with Crippen molar-refractivity contribution < 1.29 is 9.37 Å². The molecule has 0 spiro atoms. The molecule has 1 aromatic carbocycles. The van der Waals surface area contributed by atoms with Crippen LogP contribution in [-0.2, 0) is 11.2 Å². The maximum absolute atomic E-state index is 12.6. The lowest BCUT2D eigenvalue weighted by atomic mass is 9.74. The normalized spacial score (nSPS) is 32.9. The molecule has 1 fully saturated rings. The minimum atomic E-state index is -0.136. The van der Waals surface area contributed by atoms with Crippen LogP contribution in [0.1, 0.15) is 49.8 Å². The number of hydrogen-bond acceptors (Lipinski definition) is 1. The maximum Gasteiger partial charge on any atom is 0.185 e. The van der Waals surface area contributed by atoms with Crippen molar-refractivity contribution in [3.8, 4) is 0 Å². The van der Waals surface area contributed by atoms with E-state index >= 15 is 0 Å². The van der Waals surface area contributed by atoms with E-state index in [1.807, 2.05) is 0 Å². The van der Waals surface area contributed by atoms with Crippen molar-refractivity contribution in [2.45, 2.75) is 45.1 Å². The van der Waals surface area contributed by atoms with Crippen molar-refractivity contribution in [3.05, 3.63) is 35.4 Å². The highest BCUT2D eigenvalue weighted by Crippen LogP contribution is 2.45. The minimum Gasteiger partial charge on any atom is -0.298 e. The summed E-state index contributed by atoms with van der Waals surface area (Å²) >= 11 is 0. The van der Waals surface area contributed by atoms with Gasteiger partial charge in [-0.15, -0.1) is 0 Å². The zero-order chi connectivity index (χ0) is 13.0. The van der Waals surface area contributed by atoms with E-state index in [0.29, 0.717) is 18.2 Å². The van der Waals surface area contributed by atoms with E-state index in [0.717, 1.165) is 25.8 Å². The summed E-state index contributed by atoms with van der Waals surface area (Å²) < 4.78 is 2.57. The predicted molar refractivity (Wildman–Crippen MR) is 74.6 cm³/mol. The fourth-order valence-electron chi connectivity index (χ4n) is 4.39. The fourth-order valence-corrected chi connectivity index (χ4v) is 4.39. The number of rotatable bonds is 0. The lowest BCUT2D eigenvalue weighted by Crippen LogP contribution is -2.47. The van der Waals surface area contributed by atoms with E-state index in [9.17, 15) is 4.79 Å². The average Bonchev–Trinajstić information content (AvgIpc) is 2.83. The van der Waals surface area contributed by atoms with Gasteiger partial charge in [0.1, 0.15) is 12.0 Å². The number of ketones is 1. The molecular formula is C17H20NO+.